The summed E-state index contributed by atoms with van der Waals surface area (Å²) in [5, 5.41) is 69.1. The van der Waals surface area contributed by atoms with Crippen LogP contribution in [0.1, 0.15) is 0 Å². The van der Waals surface area contributed by atoms with Gasteiger partial charge in [0.25, 0.3) is 25.8 Å². The van der Waals surface area contributed by atoms with Crippen LogP contribution in [-0.4, -0.2) is 62.7 Å². The molecule has 9 N–H and O–H groups in total. The van der Waals surface area contributed by atoms with Gasteiger partial charge >= 0.3 is 0 Å². The van der Waals surface area contributed by atoms with Gasteiger partial charge in [-0.05, 0) is 115 Å². The van der Waals surface area contributed by atoms with Crippen LogP contribution in [0.25, 0.3) is 10.8 Å². The molecular formula is C42H33N11O19S5. The molecule has 0 unspecified atom stereocenters. The lowest BCUT2D eigenvalue weighted by molar-refractivity contribution is -0.434. The van der Waals surface area contributed by atoms with E-state index in [0.29, 0.717) is 5.69 Å². The Labute approximate surface area is 439 Å². The molecule has 0 amide bonds. The number of sulfonamides is 1. The number of azo groups is 2. The van der Waals surface area contributed by atoms with Gasteiger partial charge in [-0.1, -0.05) is 10.1 Å². The van der Waals surface area contributed by atoms with Gasteiger partial charge in [0.2, 0.25) is 10.9 Å². The molecule has 30 nitrogen and oxygen atoms in total. The Hall–Kier alpha value is -8.17. The molecule has 7 aromatic carbocycles. The number of rotatable bonds is 23. The van der Waals surface area contributed by atoms with Crippen LogP contribution in [-0.2, 0) is 52.9 Å². The second kappa shape index (κ2) is 24.7. The van der Waals surface area contributed by atoms with Crippen molar-refractivity contribution in [2.45, 2.75) is 19.6 Å². The fourth-order valence-corrected chi connectivity index (χ4v) is 10.1. The molecule has 0 radical (unpaired) electrons. The van der Waals surface area contributed by atoms with Crippen LogP contribution >= 0.6 is 24.4 Å². The minimum atomic E-state index is -5.14. The van der Waals surface area contributed by atoms with Gasteiger partial charge in [-0.25, -0.2) is 27.4 Å². The number of nitrogen functional groups attached to an aromatic ring is 1. The van der Waals surface area contributed by atoms with Gasteiger partial charge < -0.3 is 10.8 Å². The van der Waals surface area contributed by atoms with E-state index >= 15 is 0 Å². The van der Waals surface area contributed by atoms with Crippen LogP contribution in [0.2, 0.25) is 0 Å². The largest absolute Gasteiger partial charge is 0.505 e. The number of hydrogen-bond donors (Lipinski definition) is 8. The number of phenolic OH excluding ortho intramolecular Hbond substituents is 1. The van der Waals surface area contributed by atoms with Gasteiger partial charge in [0, 0.05) is 17.8 Å². The molecule has 0 aromatic heterocycles. The molecule has 0 fully saturated rings. The molecule has 0 aliphatic heterocycles. The van der Waals surface area contributed by atoms with Crippen molar-refractivity contribution in [3.63, 3.8) is 0 Å². The maximum absolute atomic E-state index is 13.4. The van der Waals surface area contributed by atoms with E-state index in [1.165, 1.54) is 97.1 Å². The Morgan fingerprint density at radius 3 is 1.86 bits per heavy atom. The molecule has 7 rings (SSSR count). The number of non-ortho nitro benzene ring substituents is 1. The summed E-state index contributed by atoms with van der Waals surface area (Å²) in [6, 6.07) is 24.6. The number of benzene rings is 7. The molecule has 0 aliphatic carbocycles. The van der Waals surface area contributed by atoms with Crippen LogP contribution in [0.3, 0.4) is 0 Å². The van der Waals surface area contributed by atoms with E-state index in [1.807, 2.05) is 0 Å². The van der Waals surface area contributed by atoms with Crippen molar-refractivity contribution in [1.29, 1.82) is 0 Å². The van der Waals surface area contributed by atoms with Gasteiger partial charge in [-0.2, -0.15) is 28.8 Å². The van der Waals surface area contributed by atoms with Crippen molar-refractivity contribution in [3.8, 4) is 5.75 Å². The second-order valence-electron chi connectivity index (χ2n) is 14.9. The molecule has 400 valence electrons. The van der Waals surface area contributed by atoms with E-state index in [-0.39, 0.29) is 90.2 Å². The predicted molar refractivity (Wildman–Crippen MR) is 272 cm³/mol. The van der Waals surface area contributed by atoms with Crippen molar-refractivity contribution in [3.05, 3.63) is 163 Å². The summed E-state index contributed by atoms with van der Waals surface area (Å²) < 4.78 is 103. The minimum Gasteiger partial charge on any atom is -0.505 e. The standard InChI is InChI=1S/C42H33N11O19S5/c43-37-36-23(21-34(73-71-69-59)39(42(36)56)50-46-26-7-13-30(14-8-26)75(61,62)20-19-68-74-72-70-60)22-35(77(65,66)67)40(37)51-47-27-9-15-31(16-10-27)76(63,64)52-28-3-1-24(2-4-28)45-49-38-33(54)18-17-32(41(38)55)48-44-25-5-11-29(12-6-25)53(57)58/h1-18,21-22,44-45,52,56,59-60H,19-20,43H2,(H,65,66,67)/b48-32+,49-38-,50-46?,51-47?. The van der Waals surface area contributed by atoms with Gasteiger partial charge in [-0.3, -0.25) is 44.0 Å². The molecule has 0 heterocycles. The summed E-state index contributed by atoms with van der Waals surface area (Å²) in [7, 11) is -13.3. The second-order valence-corrected chi connectivity index (χ2v) is 21.4. The third-order valence-corrected chi connectivity index (χ3v) is 15.0. The maximum atomic E-state index is 13.4. The number of nitrogens with two attached hydrogens (primary N) is 1. The van der Waals surface area contributed by atoms with Gasteiger partial charge in [0.15, 0.2) is 33.3 Å². The summed E-state index contributed by atoms with van der Waals surface area (Å²) in [6.45, 7) is -0.343. The first-order chi connectivity index (χ1) is 36.7. The maximum Gasteiger partial charge on any atom is 0.296 e. The summed E-state index contributed by atoms with van der Waals surface area (Å²) in [4.78, 5) is 34.4. The van der Waals surface area contributed by atoms with Crippen LogP contribution < -0.4 is 42.9 Å². The molecule has 7 aromatic rings. The molecule has 0 spiro atoms. The van der Waals surface area contributed by atoms with Crippen molar-refractivity contribution >= 4 is 116 Å². The average Bonchev–Trinajstić information content (AvgIpc) is 3.45. The number of phenols is 1. The van der Waals surface area contributed by atoms with Crippen LogP contribution in [0.15, 0.2) is 181 Å². The molecule has 0 bridgehead atoms. The zero-order chi connectivity index (χ0) is 55.5. The highest BCUT2D eigenvalue weighted by Crippen LogP contribution is 2.49. The normalized spacial score (nSPS) is 12.7. The van der Waals surface area contributed by atoms with Crippen LogP contribution in [0, 0.1) is 10.1 Å². The Morgan fingerprint density at radius 1 is 0.688 bits per heavy atom. The Balaban J connectivity index is 1.07. The third-order valence-electron chi connectivity index (χ3n) is 10.1. The lowest BCUT2D eigenvalue weighted by Crippen LogP contribution is -2.47. The van der Waals surface area contributed by atoms with E-state index in [0.717, 1.165) is 24.3 Å². The van der Waals surface area contributed by atoms with E-state index in [9.17, 15) is 54.6 Å². The van der Waals surface area contributed by atoms with Gasteiger partial charge in [0.1, 0.15) is 21.6 Å². The Morgan fingerprint density at radius 2 is 1.26 bits per heavy atom. The highest BCUT2D eigenvalue weighted by molar-refractivity contribution is 7.94. The number of anilines is 4. The van der Waals surface area contributed by atoms with E-state index < -0.39 is 84.6 Å². The monoisotopic (exact) mass is 1160 g/mol. The highest BCUT2D eigenvalue weighted by atomic mass is 32.2. The number of nitrogens with one attached hydrogen (secondary N) is 3. The minimum absolute atomic E-state index is 0.0492. The van der Waals surface area contributed by atoms with Gasteiger partial charge in [0.05, 0.1) is 77.8 Å². The highest BCUT2D eigenvalue weighted by Gasteiger charge is 2.26. The van der Waals surface area contributed by atoms with E-state index in [1.54, 1.807) is 0 Å². The van der Waals surface area contributed by atoms with Crippen molar-refractivity contribution in [2.75, 3.05) is 33.7 Å². The number of nitrogens with zero attached hydrogens (tertiary/aromatic N) is 7. The lowest BCUT2D eigenvalue weighted by atomic mass is 10.1. The molecule has 35 heteroatoms. The number of nitro groups is 1. The smallest absolute Gasteiger partial charge is 0.296 e. The fraction of sp³-hybridized carbons (Fsp3) is 0.0476. The molecule has 0 saturated carbocycles. The Bertz CT molecular complexity index is 4000. The number of sulfone groups is 1. The first-order valence-corrected chi connectivity index (χ1v) is 26.8. The van der Waals surface area contributed by atoms with Crippen LogP contribution in [0.4, 0.5) is 51.2 Å². The van der Waals surface area contributed by atoms with Crippen molar-refractivity contribution < 1.29 is 73.3 Å². The quantitative estimate of drug-likeness (QED) is 0.00490. The summed E-state index contributed by atoms with van der Waals surface area (Å²) in [5.74, 6) is -1.25. The SMILES string of the molecule is Nc1c(N=Nc2ccc(S(=O)(=O)Nc3ccc(N/N=c4/c(=O)cc/c(=N\Nc5ccc([N+](=O)[O-])cc5)c4=O)cc3)cc2)c(S(=O)(=O)O)cc2cc(SOOO)c(N=Nc3ccc(S(=O)(=O)CCOSOOO)cc3)c(O)c12. The molecule has 0 atom stereocenters. The topological polar surface area (TPSA) is 443 Å². The lowest BCUT2D eigenvalue weighted by Gasteiger charge is -2.14. The number of fused-ring (bicyclic) bond motifs is 1. The predicted octanol–water partition coefficient (Wildman–Crippen LogP) is 6.57. The first kappa shape index (κ1) is 56.6. The van der Waals surface area contributed by atoms with Gasteiger partial charge in [-0.15, -0.1) is 18.9 Å². The zero-order valence-electron chi connectivity index (χ0n) is 38.1. The molecule has 0 aliphatic rings. The summed E-state index contributed by atoms with van der Waals surface area (Å²) in [5.41, 5.74) is 8.82. The number of nitro benzene ring substituents is 1. The van der Waals surface area contributed by atoms with Crippen molar-refractivity contribution in [2.24, 2.45) is 30.7 Å². The van der Waals surface area contributed by atoms with E-state index in [4.69, 9.17) is 20.4 Å². The fourth-order valence-electron chi connectivity index (χ4n) is 6.44. The Kier molecular flexibility index (Phi) is 18.1. The van der Waals surface area contributed by atoms with E-state index in [2.05, 4.69) is 65.0 Å². The molecule has 77 heavy (non-hydrogen) atoms. The summed E-state index contributed by atoms with van der Waals surface area (Å²) >= 11 is 0.477. The number of hydrogen-bond acceptors (Lipinski definition) is 29. The van der Waals surface area contributed by atoms with Crippen LogP contribution in [0.5, 0.6) is 5.75 Å². The molecular weight excluding hydrogens is 1120 g/mol. The third kappa shape index (κ3) is 14.2. The zero-order valence-corrected chi connectivity index (χ0v) is 42.2. The molecule has 0 saturated heterocycles. The number of aromatic hydroxyl groups is 1. The average molecular weight is 1160 g/mol. The van der Waals surface area contributed by atoms with Crippen molar-refractivity contribution in [1.82, 2.24) is 0 Å². The summed E-state index contributed by atoms with van der Waals surface area (Å²) in [6.07, 6.45) is 0. The first-order valence-electron chi connectivity index (χ1n) is 20.8.